The summed E-state index contributed by atoms with van der Waals surface area (Å²) in [7, 11) is -4.72. The van der Waals surface area contributed by atoms with E-state index in [1.165, 1.54) is 42.6 Å². The molecule has 1 saturated heterocycles. The third-order valence-electron chi connectivity index (χ3n) is 8.28. The van der Waals surface area contributed by atoms with Gasteiger partial charge in [-0.25, -0.2) is 9.55 Å². The summed E-state index contributed by atoms with van der Waals surface area (Å²) in [5, 5.41) is 21.8. The van der Waals surface area contributed by atoms with Crippen molar-refractivity contribution >= 4 is 54.6 Å². The van der Waals surface area contributed by atoms with Crippen molar-refractivity contribution in [3.8, 4) is 0 Å². The number of nitrogens with zero attached hydrogens (tertiary/aromatic N) is 2. The molecule has 3 heterocycles. The first kappa shape index (κ1) is 43.2. The Morgan fingerprint density at radius 3 is 2.34 bits per heavy atom. The highest BCUT2D eigenvalue weighted by Gasteiger charge is 2.37. The van der Waals surface area contributed by atoms with Crippen molar-refractivity contribution < 1.29 is 52.4 Å². The number of primary amides is 1. The molecular weight excluding hydrogens is 735 g/mol. The van der Waals surface area contributed by atoms with E-state index >= 15 is 0 Å². The maximum atomic E-state index is 13.7. The number of likely N-dealkylation sites (tertiary alicyclic amines) is 1. The largest absolute Gasteiger partial charge is 0.472 e. The second-order valence-corrected chi connectivity index (χ2v) is 15.4. The molecule has 0 aliphatic carbocycles. The molecule has 2 aromatic heterocycles. The average molecular weight is 785 g/mol. The lowest BCUT2D eigenvalue weighted by Gasteiger charge is -2.28. The van der Waals surface area contributed by atoms with Crippen molar-refractivity contribution in [3.63, 3.8) is 0 Å². The van der Waals surface area contributed by atoms with E-state index in [4.69, 9.17) is 14.8 Å². The van der Waals surface area contributed by atoms with Gasteiger partial charge in [-0.05, 0) is 43.6 Å². The molecule has 2 unspecified atom stereocenters. The van der Waals surface area contributed by atoms with Crippen molar-refractivity contribution in [2.24, 2.45) is 11.7 Å². The fraction of sp³-hybridized carbons (Fsp3) is 0.594. The van der Waals surface area contributed by atoms with E-state index < -0.39 is 80.3 Å². The van der Waals surface area contributed by atoms with Crippen LogP contribution in [0.15, 0.2) is 30.0 Å². The van der Waals surface area contributed by atoms with Crippen LogP contribution in [0.4, 0.5) is 0 Å². The van der Waals surface area contributed by atoms with Crippen LogP contribution >= 0.6 is 19.2 Å². The summed E-state index contributed by atoms with van der Waals surface area (Å²) < 4.78 is 22.6. The smallest absolute Gasteiger partial charge is 0.394 e. The summed E-state index contributed by atoms with van der Waals surface area (Å²) in [5.41, 5.74) is 5.87. The summed E-state index contributed by atoms with van der Waals surface area (Å²) in [6.45, 7) is 5.52. The first-order chi connectivity index (χ1) is 25.0. The van der Waals surface area contributed by atoms with Gasteiger partial charge in [0.1, 0.15) is 30.2 Å². The van der Waals surface area contributed by atoms with Crippen LogP contribution in [0.2, 0.25) is 0 Å². The molecule has 9 N–H and O–H groups in total. The molecule has 0 saturated carbocycles. The summed E-state index contributed by atoms with van der Waals surface area (Å²) in [5.74, 6) is -4.73. The molecule has 1 aliphatic heterocycles. The predicted octanol–water partition coefficient (Wildman–Crippen LogP) is -0.748. The molecule has 0 radical (unpaired) electrons. The van der Waals surface area contributed by atoms with Crippen LogP contribution in [-0.2, 0) is 55.2 Å². The molecule has 21 heteroatoms. The Balaban J connectivity index is 1.69. The lowest BCUT2D eigenvalue weighted by atomic mass is 10.0. The molecule has 2 aromatic rings. The highest BCUT2D eigenvalue weighted by Crippen LogP contribution is 2.45. The minimum atomic E-state index is -4.72. The van der Waals surface area contributed by atoms with Crippen molar-refractivity contribution in [1.82, 2.24) is 36.1 Å². The maximum Gasteiger partial charge on any atom is 0.472 e. The lowest BCUT2D eigenvalue weighted by Crippen LogP contribution is -2.61. The minimum Gasteiger partial charge on any atom is -0.394 e. The number of phosphoric ester groups is 1. The standard InChI is InChI=1S/C32H49N8O11PS/c1-18(2)13-23(37-32(47)26-8-5-10-40(26)20(4)42)29(44)36-24(14-21-15-34-17-35-21)30(45)38-25(16-41)31(46)39-27(28(33)43)19(3)51-52(48,49)50-11-9-22-7-6-12-53-22/h6-7,12,15,17-19,23-27,41H,5,8-11,13-14,16H2,1-4H3,(H2,33,43)(H,34,35)(H,36,44)(H,37,47)(H,38,45)(H,39,46)(H,48,49)/t19-,23+,24+,25+,26?,27+/m1/s1. The lowest BCUT2D eigenvalue weighted by molar-refractivity contribution is -0.139. The van der Waals surface area contributed by atoms with Crippen LogP contribution in [0, 0.1) is 5.92 Å². The summed E-state index contributed by atoms with van der Waals surface area (Å²) in [6.07, 6.45) is 2.71. The summed E-state index contributed by atoms with van der Waals surface area (Å²) in [6, 6.07) is -2.96. The van der Waals surface area contributed by atoms with Crippen LogP contribution in [0.25, 0.3) is 0 Å². The molecule has 6 amide bonds. The molecular formula is C32H49N8O11PS. The Labute approximate surface area is 310 Å². The third-order valence-corrected chi connectivity index (χ3v) is 10.3. The summed E-state index contributed by atoms with van der Waals surface area (Å²) >= 11 is 1.42. The first-order valence-electron chi connectivity index (χ1n) is 17.1. The van der Waals surface area contributed by atoms with Crippen molar-refractivity contribution in [1.29, 1.82) is 0 Å². The molecule has 1 fully saturated rings. The Morgan fingerprint density at radius 1 is 1.08 bits per heavy atom. The topological polar surface area (TPSA) is 284 Å². The van der Waals surface area contributed by atoms with E-state index in [0.717, 1.165) is 4.88 Å². The fourth-order valence-corrected chi connectivity index (χ4v) is 7.26. The van der Waals surface area contributed by atoms with Crippen LogP contribution in [0.1, 0.15) is 57.5 Å². The van der Waals surface area contributed by atoms with Crippen LogP contribution in [0.5, 0.6) is 0 Å². The highest BCUT2D eigenvalue weighted by atomic mass is 32.1. The average Bonchev–Trinajstić information content (AvgIpc) is 3.88. The number of amides is 6. The number of thiophene rings is 1. The van der Waals surface area contributed by atoms with Gasteiger partial charge in [0.15, 0.2) is 0 Å². The second-order valence-electron chi connectivity index (χ2n) is 13.0. The molecule has 294 valence electrons. The number of imidazole rings is 1. The monoisotopic (exact) mass is 784 g/mol. The van der Waals surface area contributed by atoms with E-state index in [1.807, 2.05) is 31.4 Å². The zero-order valence-corrected chi connectivity index (χ0v) is 31.7. The number of aromatic amines is 1. The Kier molecular flexibility index (Phi) is 16.6. The van der Waals surface area contributed by atoms with E-state index in [-0.39, 0.29) is 31.3 Å². The number of nitrogens with two attached hydrogens (primary N) is 1. The number of carbonyl (C=O) groups is 6. The second kappa shape index (κ2) is 20.3. The van der Waals surface area contributed by atoms with Crippen molar-refractivity contribution in [2.75, 3.05) is 19.8 Å². The zero-order valence-electron chi connectivity index (χ0n) is 30.0. The number of phosphoric acid groups is 1. The number of aliphatic hydroxyl groups is 1. The van der Waals surface area contributed by atoms with Gasteiger partial charge in [-0.1, -0.05) is 19.9 Å². The number of hydrogen-bond donors (Lipinski definition) is 8. The molecule has 7 atom stereocenters. The number of H-pyrrole nitrogens is 1. The molecule has 3 rings (SSSR count). The minimum absolute atomic E-state index is 0.0667. The molecule has 0 spiro atoms. The van der Waals surface area contributed by atoms with E-state index in [9.17, 15) is 43.3 Å². The van der Waals surface area contributed by atoms with Gasteiger partial charge in [0, 0.05) is 43.1 Å². The third kappa shape index (κ3) is 13.6. The van der Waals surface area contributed by atoms with Gasteiger partial charge >= 0.3 is 7.82 Å². The summed E-state index contributed by atoms with van der Waals surface area (Å²) in [4.78, 5) is 97.3. The molecule has 0 aromatic carbocycles. The number of hydrogen-bond acceptors (Lipinski definition) is 12. The van der Waals surface area contributed by atoms with Crippen molar-refractivity contribution in [3.05, 3.63) is 40.6 Å². The molecule has 53 heavy (non-hydrogen) atoms. The predicted molar refractivity (Wildman–Crippen MR) is 191 cm³/mol. The number of aromatic nitrogens is 2. The van der Waals surface area contributed by atoms with Gasteiger partial charge in [0.25, 0.3) is 0 Å². The van der Waals surface area contributed by atoms with Gasteiger partial charge in [0.05, 0.1) is 25.6 Å². The van der Waals surface area contributed by atoms with Gasteiger partial charge in [-0.3, -0.25) is 37.8 Å². The van der Waals surface area contributed by atoms with E-state index in [2.05, 4.69) is 31.2 Å². The zero-order chi connectivity index (χ0) is 39.3. The first-order valence-corrected chi connectivity index (χ1v) is 19.4. The molecule has 1 aliphatic rings. The van der Waals surface area contributed by atoms with E-state index in [0.29, 0.717) is 31.5 Å². The number of nitrogens with one attached hydrogen (secondary N) is 5. The fourth-order valence-electron chi connectivity index (χ4n) is 5.64. The quantitative estimate of drug-likeness (QED) is 0.0727. The highest BCUT2D eigenvalue weighted by molar-refractivity contribution is 7.47. The van der Waals surface area contributed by atoms with Crippen LogP contribution < -0.4 is 27.0 Å². The van der Waals surface area contributed by atoms with E-state index in [1.54, 1.807) is 0 Å². The van der Waals surface area contributed by atoms with Gasteiger partial charge in [0.2, 0.25) is 35.4 Å². The number of rotatable bonds is 21. The molecule has 0 bridgehead atoms. The number of aliphatic hydroxyl groups excluding tert-OH is 1. The Hall–Kier alpha value is -4.20. The van der Waals surface area contributed by atoms with Crippen molar-refractivity contribution in [2.45, 2.75) is 96.1 Å². The van der Waals surface area contributed by atoms with Crippen LogP contribution in [0.3, 0.4) is 0 Å². The van der Waals surface area contributed by atoms with Crippen LogP contribution in [-0.4, -0.2) is 116 Å². The van der Waals surface area contributed by atoms with Gasteiger partial charge in [-0.15, -0.1) is 11.3 Å². The Morgan fingerprint density at radius 2 is 1.75 bits per heavy atom. The maximum absolute atomic E-state index is 13.7. The van der Waals surface area contributed by atoms with Gasteiger partial charge < -0.3 is 46.9 Å². The normalized spacial score (nSPS) is 18.2. The SMILES string of the molecule is CC(=O)N1CCCC1C(=O)N[C@@H](CC(C)C)C(=O)N[C@@H](Cc1cnc[nH]1)C(=O)N[C@@H](CO)C(=O)N[C@H](C(N)=O)[C@@H](C)OP(=O)(O)OCCc1cccs1. The molecule has 19 nitrogen and oxygen atoms in total. The number of carbonyl (C=O) groups excluding carboxylic acids is 6. The van der Waals surface area contributed by atoms with Gasteiger partial charge in [-0.2, -0.15) is 0 Å². The Bertz CT molecular complexity index is 1590.